The SMILES string of the molecule is CC(c1cccc2ccccc12)C(N)(O)c1ccccc1. The lowest BCUT2D eigenvalue weighted by Gasteiger charge is -2.31. The third kappa shape index (κ3) is 2.44. The summed E-state index contributed by atoms with van der Waals surface area (Å²) in [4.78, 5) is 0. The highest BCUT2D eigenvalue weighted by atomic mass is 16.3. The fourth-order valence-electron chi connectivity index (χ4n) is 2.82. The van der Waals surface area contributed by atoms with Gasteiger partial charge in [-0.15, -0.1) is 0 Å². The number of rotatable bonds is 3. The Labute approximate surface area is 124 Å². The van der Waals surface area contributed by atoms with E-state index in [0.717, 1.165) is 21.9 Å². The molecule has 0 radical (unpaired) electrons. The zero-order chi connectivity index (χ0) is 14.9. The largest absolute Gasteiger partial charge is 0.371 e. The van der Waals surface area contributed by atoms with E-state index in [9.17, 15) is 5.11 Å². The van der Waals surface area contributed by atoms with Crippen LogP contribution in [0.5, 0.6) is 0 Å². The zero-order valence-electron chi connectivity index (χ0n) is 12.0. The van der Waals surface area contributed by atoms with Crippen molar-refractivity contribution in [2.24, 2.45) is 5.73 Å². The predicted octanol–water partition coefficient (Wildman–Crippen LogP) is 3.75. The van der Waals surface area contributed by atoms with Gasteiger partial charge in [0.05, 0.1) is 0 Å². The van der Waals surface area contributed by atoms with Gasteiger partial charge < -0.3 is 5.11 Å². The number of aliphatic hydroxyl groups is 1. The van der Waals surface area contributed by atoms with E-state index in [0.29, 0.717) is 0 Å². The molecule has 106 valence electrons. The van der Waals surface area contributed by atoms with Crippen molar-refractivity contribution in [2.75, 3.05) is 0 Å². The van der Waals surface area contributed by atoms with Crippen LogP contribution in [0, 0.1) is 0 Å². The Hall–Kier alpha value is -2.16. The Morgan fingerprint density at radius 1 is 0.857 bits per heavy atom. The summed E-state index contributed by atoms with van der Waals surface area (Å²) in [6.07, 6.45) is 0. The first-order valence-electron chi connectivity index (χ1n) is 7.15. The quantitative estimate of drug-likeness (QED) is 0.716. The Kier molecular flexibility index (Phi) is 3.50. The Morgan fingerprint density at radius 2 is 1.48 bits per heavy atom. The Balaban J connectivity index is 2.10. The maximum absolute atomic E-state index is 10.8. The summed E-state index contributed by atoms with van der Waals surface area (Å²) in [5.41, 5.74) is 6.65. The minimum atomic E-state index is -1.40. The first kappa shape index (κ1) is 13.8. The van der Waals surface area contributed by atoms with E-state index in [1.54, 1.807) is 0 Å². The van der Waals surface area contributed by atoms with Gasteiger partial charge in [-0.1, -0.05) is 79.7 Å². The van der Waals surface area contributed by atoms with Crippen molar-refractivity contribution >= 4 is 10.8 Å². The minimum absolute atomic E-state index is 0.217. The van der Waals surface area contributed by atoms with Crippen molar-refractivity contribution in [1.29, 1.82) is 0 Å². The molecule has 0 bridgehead atoms. The number of hydrogen-bond acceptors (Lipinski definition) is 2. The van der Waals surface area contributed by atoms with Crippen molar-refractivity contribution in [3.05, 3.63) is 83.9 Å². The number of hydrogen-bond donors (Lipinski definition) is 2. The lowest BCUT2D eigenvalue weighted by molar-refractivity contribution is 0.0195. The molecular formula is C19H19NO. The third-order valence-corrected chi connectivity index (χ3v) is 4.19. The minimum Gasteiger partial charge on any atom is -0.371 e. The molecule has 3 N–H and O–H groups in total. The van der Waals surface area contributed by atoms with Gasteiger partial charge in [0.2, 0.25) is 0 Å². The van der Waals surface area contributed by atoms with Gasteiger partial charge in [-0.2, -0.15) is 0 Å². The first-order chi connectivity index (χ1) is 10.1. The average Bonchev–Trinajstić information content (AvgIpc) is 2.54. The second-order valence-corrected chi connectivity index (χ2v) is 5.48. The topological polar surface area (TPSA) is 46.2 Å². The molecule has 0 fully saturated rings. The van der Waals surface area contributed by atoms with E-state index in [1.807, 2.05) is 61.5 Å². The van der Waals surface area contributed by atoms with E-state index in [2.05, 4.69) is 18.2 Å². The van der Waals surface area contributed by atoms with Crippen LogP contribution in [0.25, 0.3) is 10.8 Å². The van der Waals surface area contributed by atoms with E-state index in [4.69, 9.17) is 5.73 Å². The smallest absolute Gasteiger partial charge is 0.146 e. The van der Waals surface area contributed by atoms with Crippen LogP contribution in [-0.2, 0) is 5.72 Å². The van der Waals surface area contributed by atoms with E-state index in [1.165, 1.54) is 0 Å². The molecule has 2 nitrogen and oxygen atoms in total. The summed E-state index contributed by atoms with van der Waals surface area (Å²) < 4.78 is 0. The highest BCUT2D eigenvalue weighted by Crippen LogP contribution is 2.35. The summed E-state index contributed by atoms with van der Waals surface area (Å²) in [5.74, 6) is -0.217. The molecule has 2 heteroatoms. The summed E-state index contributed by atoms with van der Waals surface area (Å²) in [5, 5.41) is 13.1. The van der Waals surface area contributed by atoms with Crippen molar-refractivity contribution in [3.8, 4) is 0 Å². The number of nitrogens with two attached hydrogens (primary N) is 1. The Bertz CT molecular complexity index is 744. The van der Waals surface area contributed by atoms with Gasteiger partial charge in [0.25, 0.3) is 0 Å². The van der Waals surface area contributed by atoms with Crippen LogP contribution in [0.15, 0.2) is 72.8 Å². The standard InChI is InChI=1S/C19H19NO/c1-14(19(20,21)16-10-3-2-4-11-16)17-13-7-9-15-8-5-6-12-18(15)17/h2-14,21H,20H2,1H3. The van der Waals surface area contributed by atoms with Crippen LogP contribution in [0.4, 0.5) is 0 Å². The van der Waals surface area contributed by atoms with Crippen LogP contribution in [0.2, 0.25) is 0 Å². The average molecular weight is 277 g/mol. The van der Waals surface area contributed by atoms with Gasteiger partial charge in [-0.25, -0.2) is 0 Å². The summed E-state index contributed by atoms with van der Waals surface area (Å²) in [7, 11) is 0. The molecule has 3 aromatic rings. The first-order valence-corrected chi connectivity index (χ1v) is 7.15. The van der Waals surface area contributed by atoms with Gasteiger partial charge in [-0.3, -0.25) is 5.73 Å². The fourth-order valence-corrected chi connectivity index (χ4v) is 2.82. The second-order valence-electron chi connectivity index (χ2n) is 5.48. The van der Waals surface area contributed by atoms with Crippen LogP contribution < -0.4 is 5.73 Å². The van der Waals surface area contributed by atoms with Crippen molar-refractivity contribution < 1.29 is 5.11 Å². The third-order valence-electron chi connectivity index (χ3n) is 4.19. The maximum atomic E-state index is 10.8. The molecule has 0 saturated heterocycles. The summed E-state index contributed by atoms with van der Waals surface area (Å²) in [6.45, 7) is 1.97. The molecule has 0 heterocycles. The molecule has 0 aliphatic carbocycles. The highest BCUT2D eigenvalue weighted by Gasteiger charge is 2.32. The molecule has 0 aromatic heterocycles. The van der Waals surface area contributed by atoms with Crippen molar-refractivity contribution in [1.82, 2.24) is 0 Å². The summed E-state index contributed by atoms with van der Waals surface area (Å²) >= 11 is 0. The molecule has 0 spiro atoms. The van der Waals surface area contributed by atoms with Crippen molar-refractivity contribution in [2.45, 2.75) is 18.6 Å². The van der Waals surface area contributed by atoms with E-state index < -0.39 is 5.72 Å². The van der Waals surface area contributed by atoms with Gasteiger partial charge in [0, 0.05) is 5.92 Å². The maximum Gasteiger partial charge on any atom is 0.146 e. The van der Waals surface area contributed by atoms with Gasteiger partial charge in [0.1, 0.15) is 5.72 Å². The molecule has 2 unspecified atom stereocenters. The summed E-state index contributed by atoms with van der Waals surface area (Å²) in [6, 6.07) is 23.7. The van der Waals surface area contributed by atoms with Crippen LogP contribution in [-0.4, -0.2) is 5.11 Å². The van der Waals surface area contributed by atoms with Gasteiger partial charge in [0.15, 0.2) is 0 Å². The monoisotopic (exact) mass is 277 g/mol. The molecule has 2 atom stereocenters. The lowest BCUT2D eigenvalue weighted by atomic mass is 9.83. The zero-order valence-corrected chi connectivity index (χ0v) is 12.0. The fraction of sp³-hybridized carbons (Fsp3) is 0.158. The second kappa shape index (κ2) is 5.32. The normalized spacial score (nSPS) is 15.6. The molecule has 3 rings (SSSR count). The van der Waals surface area contributed by atoms with Gasteiger partial charge in [-0.05, 0) is 21.9 Å². The lowest BCUT2D eigenvalue weighted by Crippen LogP contribution is -2.41. The van der Waals surface area contributed by atoms with E-state index >= 15 is 0 Å². The molecule has 0 amide bonds. The van der Waals surface area contributed by atoms with E-state index in [-0.39, 0.29) is 5.92 Å². The van der Waals surface area contributed by atoms with Crippen LogP contribution >= 0.6 is 0 Å². The number of fused-ring (bicyclic) bond motifs is 1. The molecule has 0 aliphatic heterocycles. The highest BCUT2D eigenvalue weighted by molar-refractivity contribution is 5.86. The molecule has 21 heavy (non-hydrogen) atoms. The molecule has 0 saturated carbocycles. The Morgan fingerprint density at radius 3 is 2.24 bits per heavy atom. The van der Waals surface area contributed by atoms with Crippen LogP contribution in [0.3, 0.4) is 0 Å². The van der Waals surface area contributed by atoms with Gasteiger partial charge >= 0.3 is 0 Å². The molecular weight excluding hydrogens is 258 g/mol. The number of benzene rings is 3. The van der Waals surface area contributed by atoms with Crippen molar-refractivity contribution in [3.63, 3.8) is 0 Å². The molecule has 3 aromatic carbocycles. The van der Waals surface area contributed by atoms with Crippen LogP contribution in [0.1, 0.15) is 24.0 Å². The predicted molar refractivity (Wildman–Crippen MR) is 86.9 cm³/mol. The molecule has 0 aliphatic rings.